The molecule has 0 amide bonds. The van der Waals surface area contributed by atoms with E-state index in [1.807, 2.05) is 0 Å². The van der Waals surface area contributed by atoms with E-state index in [1.165, 1.54) is 19.3 Å². The molecule has 0 radical (unpaired) electrons. The van der Waals surface area contributed by atoms with Gasteiger partial charge in [0.1, 0.15) is 12.4 Å². The summed E-state index contributed by atoms with van der Waals surface area (Å²) in [7, 11) is 0. The van der Waals surface area contributed by atoms with E-state index in [0.29, 0.717) is 18.4 Å². The van der Waals surface area contributed by atoms with Gasteiger partial charge in [0.05, 0.1) is 5.56 Å². The van der Waals surface area contributed by atoms with Crippen LogP contribution in [0.2, 0.25) is 0 Å². The lowest BCUT2D eigenvalue weighted by Crippen LogP contribution is -2.37. The van der Waals surface area contributed by atoms with Crippen molar-refractivity contribution < 1.29 is 14.6 Å². The first-order valence-corrected chi connectivity index (χ1v) is 5.95. The van der Waals surface area contributed by atoms with Crippen LogP contribution in [-0.2, 0) is 0 Å². The monoisotopic (exact) mass is 235 g/mol. The minimum atomic E-state index is -0.928. The molecule has 1 aromatic carbocycles. The predicted molar refractivity (Wildman–Crippen MR) is 64.5 cm³/mol. The average molecular weight is 235 g/mol. The normalized spacial score (nSPS) is 15.3. The van der Waals surface area contributed by atoms with Crippen molar-refractivity contribution in [1.29, 1.82) is 0 Å². The molecule has 1 aliphatic rings. The zero-order chi connectivity index (χ0) is 12.1. The number of aromatic carboxylic acids is 1. The van der Waals surface area contributed by atoms with E-state index in [-0.39, 0.29) is 5.56 Å². The molecule has 4 nitrogen and oxygen atoms in total. The summed E-state index contributed by atoms with van der Waals surface area (Å²) in [5.74, 6) is -0.316. The smallest absolute Gasteiger partial charge is 0.335 e. The Balaban J connectivity index is 1.73. The summed E-state index contributed by atoms with van der Waals surface area (Å²) in [5, 5.41) is 12.2. The van der Waals surface area contributed by atoms with Crippen molar-refractivity contribution in [2.45, 2.75) is 25.3 Å². The van der Waals surface area contributed by atoms with Crippen LogP contribution in [0.5, 0.6) is 5.75 Å². The van der Waals surface area contributed by atoms with Gasteiger partial charge in [-0.3, -0.25) is 0 Å². The maximum absolute atomic E-state index is 10.8. The van der Waals surface area contributed by atoms with Gasteiger partial charge in [0.15, 0.2) is 0 Å². The van der Waals surface area contributed by atoms with Crippen LogP contribution in [0, 0.1) is 0 Å². The van der Waals surface area contributed by atoms with Gasteiger partial charge < -0.3 is 15.2 Å². The van der Waals surface area contributed by atoms with Crippen LogP contribution >= 0.6 is 0 Å². The summed E-state index contributed by atoms with van der Waals surface area (Å²) in [6.45, 7) is 1.38. The Hall–Kier alpha value is -1.55. The van der Waals surface area contributed by atoms with Crippen LogP contribution in [0.25, 0.3) is 0 Å². The maximum atomic E-state index is 10.8. The van der Waals surface area contributed by atoms with Gasteiger partial charge >= 0.3 is 5.97 Å². The molecular formula is C13H17NO3. The SMILES string of the molecule is O=C(O)c1cccc(OCCNC2CCC2)c1. The zero-order valence-corrected chi connectivity index (χ0v) is 9.69. The van der Waals surface area contributed by atoms with E-state index < -0.39 is 5.97 Å². The lowest BCUT2D eigenvalue weighted by molar-refractivity contribution is 0.0696. The summed E-state index contributed by atoms with van der Waals surface area (Å²) >= 11 is 0. The molecular weight excluding hydrogens is 218 g/mol. The van der Waals surface area contributed by atoms with E-state index in [0.717, 1.165) is 6.54 Å². The van der Waals surface area contributed by atoms with Crippen LogP contribution in [0.1, 0.15) is 29.6 Å². The average Bonchev–Trinajstić information content (AvgIpc) is 2.27. The van der Waals surface area contributed by atoms with Gasteiger partial charge in [-0.2, -0.15) is 0 Å². The Labute approximate surface area is 101 Å². The summed E-state index contributed by atoms with van der Waals surface area (Å²) in [6, 6.07) is 7.23. The van der Waals surface area contributed by atoms with Crippen molar-refractivity contribution in [2.75, 3.05) is 13.2 Å². The number of rotatable bonds is 6. The number of nitrogens with one attached hydrogen (secondary N) is 1. The van der Waals surface area contributed by atoms with Gasteiger partial charge in [-0.05, 0) is 31.0 Å². The molecule has 1 aromatic rings. The molecule has 0 heterocycles. The number of carboxylic acids is 1. The Morgan fingerprint density at radius 3 is 2.94 bits per heavy atom. The van der Waals surface area contributed by atoms with Gasteiger partial charge in [-0.15, -0.1) is 0 Å². The molecule has 0 saturated heterocycles. The lowest BCUT2D eigenvalue weighted by atomic mass is 9.93. The number of hydrogen-bond donors (Lipinski definition) is 2. The number of benzene rings is 1. The predicted octanol–water partition coefficient (Wildman–Crippen LogP) is 1.91. The van der Waals surface area contributed by atoms with Crippen molar-refractivity contribution in [3.05, 3.63) is 29.8 Å². The van der Waals surface area contributed by atoms with Gasteiger partial charge in [-0.25, -0.2) is 4.79 Å². The number of carboxylic acid groups (broad SMARTS) is 1. The van der Waals surface area contributed by atoms with Crippen LogP contribution in [0.3, 0.4) is 0 Å². The minimum Gasteiger partial charge on any atom is -0.492 e. The van der Waals surface area contributed by atoms with Gasteiger partial charge in [0.25, 0.3) is 0 Å². The molecule has 0 spiro atoms. The minimum absolute atomic E-state index is 0.259. The van der Waals surface area contributed by atoms with Gasteiger partial charge in [0.2, 0.25) is 0 Å². The van der Waals surface area contributed by atoms with Crippen LogP contribution in [0.4, 0.5) is 0 Å². The molecule has 1 fully saturated rings. The van der Waals surface area contributed by atoms with Gasteiger partial charge in [-0.1, -0.05) is 12.5 Å². The van der Waals surface area contributed by atoms with Gasteiger partial charge in [0, 0.05) is 12.6 Å². The van der Waals surface area contributed by atoms with Crippen LogP contribution in [-0.4, -0.2) is 30.3 Å². The summed E-state index contributed by atoms with van der Waals surface area (Å²) < 4.78 is 5.49. The van der Waals surface area contributed by atoms with E-state index in [2.05, 4.69) is 5.32 Å². The molecule has 92 valence electrons. The van der Waals surface area contributed by atoms with E-state index in [1.54, 1.807) is 24.3 Å². The summed E-state index contributed by atoms with van der Waals surface area (Å²) in [4.78, 5) is 10.8. The molecule has 2 rings (SSSR count). The first-order valence-electron chi connectivity index (χ1n) is 5.95. The highest BCUT2D eigenvalue weighted by atomic mass is 16.5. The fourth-order valence-corrected chi connectivity index (χ4v) is 1.76. The maximum Gasteiger partial charge on any atom is 0.335 e. The lowest BCUT2D eigenvalue weighted by Gasteiger charge is -2.26. The Morgan fingerprint density at radius 2 is 2.29 bits per heavy atom. The van der Waals surface area contributed by atoms with Crippen molar-refractivity contribution in [1.82, 2.24) is 5.32 Å². The summed E-state index contributed by atoms with van der Waals surface area (Å²) in [6.07, 6.45) is 3.84. The quantitative estimate of drug-likeness (QED) is 0.739. The molecule has 1 aliphatic carbocycles. The highest BCUT2D eigenvalue weighted by Crippen LogP contribution is 2.17. The second-order valence-corrected chi connectivity index (χ2v) is 4.26. The molecule has 2 N–H and O–H groups in total. The molecule has 0 unspecified atom stereocenters. The molecule has 0 aliphatic heterocycles. The largest absolute Gasteiger partial charge is 0.492 e. The molecule has 0 bridgehead atoms. The van der Waals surface area contributed by atoms with Crippen molar-refractivity contribution in [3.8, 4) is 5.75 Å². The highest BCUT2D eigenvalue weighted by Gasteiger charge is 2.15. The Morgan fingerprint density at radius 1 is 1.47 bits per heavy atom. The van der Waals surface area contributed by atoms with Crippen LogP contribution < -0.4 is 10.1 Å². The second kappa shape index (κ2) is 5.68. The van der Waals surface area contributed by atoms with Crippen molar-refractivity contribution in [3.63, 3.8) is 0 Å². The fourth-order valence-electron chi connectivity index (χ4n) is 1.76. The Bertz CT molecular complexity index is 388. The standard InChI is InChI=1S/C13H17NO3/c15-13(16)10-3-1-6-12(9-10)17-8-7-14-11-4-2-5-11/h1,3,6,9,11,14H,2,4-5,7-8H2,(H,15,16). The zero-order valence-electron chi connectivity index (χ0n) is 9.69. The summed E-state index contributed by atoms with van der Waals surface area (Å²) in [5.41, 5.74) is 0.259. The highest BCUT2D eigenvalue weighted by molar-refractivity contribution is 5.87. The molecule has 0 aromatic heterocycles. The first-order chi connectivity index (χ1) is 8.25. The van der Waals surface area contributed by atoms with Crippen LogP contribution in [0.15, 0.2) is 24.3 Å². The third-order valence-corrected chi connectivity index (χ3v) is 2.99. The van der Waals surface area contributed by atoms with Crippen molar-refractivity contribution >= 4 is 5.97 Å². The molecule has 17 heavy (non-hydrogen) atoms. The molecule has 0 atom stereocenters. The van der Waals surface area contributed by atoms with E-state index in [4.69, 9.17) is 9.84 Å². The third-order valence-electron chi connectivity index (χ3n) is 2.99. The first kappa shape index (κ1) is 11.9. The fraction of sp³-hybridized carbons (Fsp3) is 0.462. The number of hydrogen-bond acceptors (Lipinski definition) is 3. The molecule has 4 heteroatoms. The van der Waals surface area contributed by atoms with E-state index >= 15 is 0 Å². The number of carbonyl (C=O) groups is 1. The topological polar surface area (TPSA) is 58.6 Å². The van der Waals surface area contributed by atoms with Crippen molar-refractivity contribution in [2.24, 2.45) is 0 Å². The second-order valence-electron chi connectivity index (χ2n) is 4.26. The van der Waals surface area contributed by atoms with E-state index in [9.17, 15) is 4.79 Å². The third kappa shape index (κ3) is 3.46. The molecule has 1 saturated carbocycles. The Kier molecular flexibility index (Phi) is 3.98. The number of ether oxygens (including phenoxy) is 1.